The van der Waals surface area contributed by atoms with Gasteiger partial charge < -0.3 is 10.1 Å². The van der Waals surface area contributed by atoms with Gasteiger partial charge in [-0.25, -0.2) is 4.98 Å². The number of halogens is 4. The topological polar surface area (TPSA) is 34.2 Å². The van der Waals surface area contributed by atoms with Crippen LogP contribution in [0.15, 0.2) is 16.7 Å². The summed E-state index contributed by atoms with van der Waals surface area (Å²) in [6, 6.07) is 1.86. The molecule has 0 amide bonds. The van der Waals surface area contributed by atoms with E-state index >= 15 is 0 Å². The SMILES string of the molecule is CCCNCc1cc(Br)cnc1OCCCC(F)(F)F. The van der Waals surface area contributed by atoms with Gasteiger partial charge in [-0.1, -0.05) is 6.92 Å². The van der Waals surface area contributed by atoms with E-state index in [0.717, 1.165) is 23.0 Å². The van der Waals surface area contributed by atoms with Gasteiger partial charge in [-0.3, -0.25) is 0 Å². The molecule has 1 heterocycles. The summed E-state index contributed by atoms with van der Waals surface area (Å²) in [5.74, 6) is 0.388. The summed E-state index contributed by atoms with van der Waals surface area (Å²) in [5.41, 5.74) is 0.833. The van der Waals surface area contributed by atoms with Crippen LogP contribution >= 0.6 is 15.9 Å². The lowest BCUT2D eigenvalue weighted by Crippen LogP contribution is -2.16. The Morgan fingerprint density at radius 2 is 2.15 bits per heavy atom. The molecule has 0 bridgehead atoms. The number of nitrogens with one attached hydrogen (secondary N) is 1. The highest BCUT2D eigenvalue weighted by atomic mass is 79.9. The number of rotatable bonds is 8. The smallest absolute Gasteiger partial charge is 0.389 e. The number of hydrogen-bond donors (Lipinski definition) is 1. The zero-order chi connectivity index (χ0) is 15.0. The summed E-state index contributed by atoms with van der Waals surface area (Å²) >= 11 is 3.32. The fourth-order valence-electron chi connectivity index (χ4n) is 1.57. The maximum absolute atomic E-state index is 12.0. The van der Waals surface area contributed by atoms with E-state index in [1.54, 1.807) is 6.20 Å². The summed E-state index contributed by atoms with van der Waals surface area (Å²) < 4.78 is 42.3. The molecule has 0 saturated carbocycles. The van der Waals surface area contributed by atoms with Gasteiger partial charge in [0.05, 0.1) is 6.61 Å². The summed E-state index contributed by atoms with van der Waals surface area (Å²) in [7, 11) is 0. The van der Waals surface area contributed by atoms with Crippen LogP contribution in [0.3, 0.4) is 0 Å². The van der Waals surface area contributed by atoms with Gasteiger partial charge in [0.25, 0.3) is 0 Å². The first kappa shape index (κ1) is 17.2. The Balaban J connectivity index is 2.51. The molecule has 0 saturated heterocycles. The highest BCUT2D eigenvalue weighted by molar-refractivity contribution is 9.10. The van der Waals surface area contributed by atoms with Crippen molar-refractivity contribution >= 4 is 15.9 Å². The highest BCUT2D eigenvalue weighted by Gasteiger charge is 2.26. The van der Waals surface area contributed by atoms with Gasteiger partial charge in [-0.05, 0) is 41.4 Å². The molecular formula is C13H18BrF3N2O. The monoisotopic (exact) mass is 354 g/mol. The van der Waals surface area contributed by atoms with Crippen molar-refractivity contribution in [2.75, 3.05) is 13.2 Å². The molecule has 7 heteroatoms. The predicted molar refractivity (Wildman–Crippen MR) is 74.7 cm³/mol. The Morgan fingerprint density at radius 3 is 2.80 bits per heavy atom. The van der Waals surface area contributed by atoms with Crippen molar-refractivity contribution in [3.63, 3.8) is 0 Å². The van der Waals surface area contributed by atoms with E-state index in [1.807, 2.05) is 6.07 Å². The van der Waals surface area contributed by atoms with E-state index in [4.69, 9.17) is 4.74 Å². The molecule has 0 aliphatic heterocycles. The average molecular weight is 355 g/mol. The van der Waals surface area contributed by atoms with Crippen LogP contribution in [0, 0.1) is 0 Å². The molecule has 0 unspecified atom stereocenters. The van der Waals surface area contributed by atoms with Gasteiger partial charge in [0.1, 0.15) is 0 Å². The van der Waals surface area contributed by atoms with Gasteiger partial charge in [-0.2, -0.15) is 13.2 Å². The zero-order valence-corrected chi connectivity index (χ0v) is 12.9. The average Bonchev–Trinajstić information content (AvgIpc) is 2.36. The first-order valence-corrected chi connectivity index (χ1v) is 7.26. The van der Waals surface area contributed by atoms with E-state index in [1.165, 1.54) is 0 Å². The largest absolute Gasteiger partial charge is 0.477 e. The molecule has 3 nitrogen and oxygen atoms in total. The molecule has 0 atom stereocenters. The molecule has 114 valence electrons. The van der Waals surface area contributed by atoms with Crippen molar-refractivity contribution in [3.05, 3.63) is 22.3 Å². The van der Waals surface area contributed by atoms with Crippen LogP contribution in [0.2, 0.25) is 0 Å². The number of alkyl halides is 3. The van der Waals surface area contributed by atoms with Crippen LogP contribution in [0.4, 0.5) is 13.2 Å². The molecule has 1 aromatic rings. The van der Waals surface area contributed by atoms with Crippen molar-refractivity contribution in [1.29, 1.82) is 0 Å². The fraction of sp³-hybridized carbons (Fsp3) is 0.615. The molecule has 1 aromatic heterocycles. The quantitative estimate of drug-likeness (QED) is 0.714. The summed E-state index contributed by atoms with van der Waals surface area (Å²) in [6.07, 6.45) is -2.47. The van der Waals surface area contributed by atoms with Crippen LogP contribution in [-0.4, -0.2) is 24.3 Å². The third kappa shape index (κ3) is 7.09. The lowest BCUT2D eigenvalue weighted by Gasteiger charge is -2.12. The lowest BCUT2D eigenvalue weighted by molar-refractivity contribution is -0.136. The second-order valence-electron chi connectivity index (χ2n) is 4.36. The lowest BCUT2D eigenvalue weighted by atomic mass is 10.2. The molecule has 1 rings (SSSR count). The molecule has 0 aliphatic carbocycles. The van der Waals surface area contributed by atoms with Crippen LogP contribution in [-0.2, 0) is 6.54 Å². The molecule has 20 heavy (non-hydrogen) atoms. The fourth-order valence-corrected chi connectivity index (χ4v) is 1.95. The second-order valence-corrected chi connectivity index (χ2v) is 5.28. The molecule has 0 aromatic carbocycles. The summed E-state index contributed by atoms with van der Waals surface area (Å²) in [6.45, 7) is 3.50. The predicted octanol–water partition coefficient (Wildman–Crippen LogP) is 4.07. The normalized spacial score (nSPS) is 11.7. The minimum absolute atomic E-state index is 0.00885. The van der Waals surface area contributed by atoms with Gasteiger partial charge in [0.2, 0.25) is 5.88 Å². The van der Waals surface area contributed by atoms with Crippen molar-refractivity contribution in [1.82, 2.24) is 10.3 Å². The van der Waals surface area contributed by atoms with Gasteiger partial charge in [0, 0.05) is 29.2 Å². The third-order valence-electron chi connectivity index (χ3n) is 2.48. The van der Waals surface area contributed by atoms with E-state index in [2.05, 4.69) is 33.2 Å². The first-order valence-electron chi connectivity index (χ1n) is 6.47. The summed E-state index contributed by atoms with van der Waals surface area (Å²) in [5, 5.41) is 3.21. The molecule has 0 spiro atoms. The van der Waals surface area contributed by atoms with Crippen LogP contribution < -0.4 is 10.1 Å². The van der Waals surface area contributed by atoms with Crippen LogP contribution in [0.5, 0.6) is 5.88 Å². The van der Waals surface area contributed by atoms with E-state index in [9.17, 15) is 13.2 Å². The third-order valence-corrected chi connectivity index (χ3v) is 2.91. The Bertz CT molecular complexity index is 413. The van der Waals surface area contributed by atoms with Crippen LogP contribution in [0.25, 0.3) is 0 Å². The van der Waals surface area contributed by atoms with Crippen LogP contribution in [0.1, 0.15) is 31.7 Å². The van der Waals surface area contributed by atoms with Crippen molar-refractivity contribution < 1.29 is 17.9 Å². The number of hydrogen-bond acceptors (Lipinski definition) is 3. The van der Waals surface area contributed by atoms with Crippen molar-refractivity contribution in [3.8, 4) is 5.88 Å². The van der Waals surface area contributed by atoms with Crippen molar-refractivity contribution in [2.45, 2.75) is 38.9 Å². The van der Waals surface area contributed by atoms with Gasteiger partial charge in [-0.15, -0.1) is 0 Å². The van der Waals surface area contributed by atoms with E-state index in [0.29, 0.717) is 12.4 Å². The maximum atomic E-state index is 12.0. The maximum Gasteiger partial charge on any atom is 0.389 e. The Labute approximate surface area is 125 Å². The standard InChI is InChI=1S/C13H18BrF3N2O/c1-2-5-18-8-10-7-11(14)9-19-12(10)20-6-3-4-13(15,16)17/h7,9,18H,2-6,8H2,1H3. The van der Waals surface area contributed by atoms with Gasteiger partial charge >= 0.3 is 6.18 Å². The van der Waals surface area contributed by atoms with E-state index < -0.39 is 12.6 Å². The summed E-state index contributed by atoms with van der Waals surface area (Å²) in [4.78, 5) is 4.10. The second kappa shape index (κ2) is 8.46. The number of pyridine rings is 1. The number of ether oxygens (including phenoxy) is 1. The van der Waals surface area contributed by atoms with Crippen molar-refractivity contribution in [2.24, 2.45) is 0 Å². The first-order chi connectivity index (χ1) is 9.42. The minimum Gasteiger partial charge on any atom is -0.477 e. The minimum atomic E-state index is -4.14. The van der Waals surface area contributed by atoms with Gasteiger partial charge in [0.15, 0.2) is 0 Å². The zero-order valence-electron chi connectivity index (χ0n) is 11.3. The highest BCUT2D eigenvalue weighted by Crippen LogP contribution is 2.23. The molecule has 0 fully saturated rings. The Morgan fingerprint density at radius 1 is 1.40 bits per heavy atom. The number of aromatic nitrogens is 1. The molecule has 1 N–H and O–H groups in total. The Hall–Kier alpha value is -0.820. The molecular weight excluding hydrogens is 337 g/mol. The Kier molecular flexibility index (Phi) is 7.29. The molecule has 0 aliphatic rings. The van der Waals surface area contributed by atoms with E-state index in [-0.39, 0.29) is 13.0 Å². The number of nitrogens with zero attached hydrogens (tertiary/aromatic N) is 1. The molecule has 0 radical (unpaired) electrons.